The average molecular weight is 255 g/mol. The number of carbonyl (C=O) groups is 1. The first-order chi connectivity index (χ1) is 9.25. The number of ketones is 1. The fourth-order valence-corrected chi connectivity index (χ4v) is 2.49. The van der Waals surface area contributed by atoms with Crippen LogP contribution in [0.25, 0.3) is 0 Å². The molecule has 0 saturated carbocycles. The molecule has 1 atom stereocenters. The maximum absolute atomic E-state index is 13.6. The van der Waals surface area contributed by atoms with Gasteiger partial charge in [0, 0.05) is 6.54 Å². The third-order valence-corrected chi connectivity index (χ3v) is 3.54. The van der Waals surface area contributed by atoms with E-state index in [0.717, 1.165) is 5.56 Å². The summed E-state index contributed by atoms with van der Waals surface area (Å²) in [6, 6.07) is 13.8. The van der Waals surface area contributed by atoms with E-state index in [9.17, 15) is 9.18 Å². The van der Waals surface area contributed by atoms with E-state index >= 15 is 0 Å². The molecule has 0 amide bonds. The van der Waals surface area contributed by atoms with Gasteiger partial charge in [0.2, 0.25) is 0 Å². The molecule has 1 unspecified atom stereocenters. The van der Waals surface area contributed by atoms with Crippen LogP contribution < -0.4 is 5.32 Å². The largest absolute Gasteiger partial charge is 0.303 e. The summed E-state index contributed by atoms with van der Waals surface area (Å²) in [6.45, 7) is 0.654. The maximum atomic E-state index is 13.6. The molecule has 0 spiro atoms. The number of rotatable bonds is 2. The highest BCUT2D eigenvalue weighted by molar-refractivity contribution is 6.00. The van der Waals surface area contributed by atoms with Gasteiger partial charge in [0.05, 0.1) is 11.6 Å². The number of fused-ring (bicyclic) bond motifs is 1. The molecule has 3 heteroatoms. The van der Waals surface area contributed by atoms with E-state index in [1.165, 1.54) is 11.6 Å². The van der Waals surface area contributed by atoms with Gasteiger partial charge in [-0.1, -0.05) is 36.4 Å². The Morgan fingerprint density at radius 3 is 2.53 bits per heavy atom. The van der Waals surface area contributed by atoms with Crippen molar-refractivity contribution in [3.63, 3.8) is 0 Å². The van der Waals surface area contributed by atoms with Crippen molar-refractivity contribution in [1.82, 2.24) is 5.32 Å². The zero-order chi connectivity index (χ0) is 13.2. The normalized spacial score (nSPS) is 17.8. The summed E-state index contributed by atoms with van der Waals surface area (Å²) in [5.41, 5.74) is 2.54. The molecule has 1 N–H and O–H groups in total. The summed E-state index contributed by atoms with van der Waals surface area (Å²) < 4.78 is 13.6. The summed E-state index contributed by atoms with van der Waals surface area (Å²) in [5, 5.41) is 3.18. The van der Waals surface area contributed by atoms with Crippen LogP contribution in [0.3, 0.4) is 0 Å². The van der Waals surface area contributed by atoms with E-state index in [1.54, 1.807) is 18.2 Å². The quantitative estimate of drug-likeness (QED) is 0.836. The Labute approximate surface area is 111 Å². The number of carbonyl (C=O) groups excluding carboxylic acids is 1. The number of hydrogen-bond acceptors (Lipinski definition) is 2. The van der Waals surface area contributed by atoms with E-state index in [4.69, 9.17) is 0 Å². The van der Waals surface area contributed by atoms with Gasteiger partial charge < -0.3 is 5.32 Å². The van der Waals surface area contributed by atoms with Crippen molar-refractivity contribution in [2.24, 2.45) is 0 Å². The second-order valence-corrected chi connectivity index (χ2v) is 4.75. The minimum atomic E-state index is -0.451. The lowest BCUT2D eigenvalue weighted by Gasteiger charge is -2.25. The Kier molecular flexibility index (Phi) is 3.13. The standard InChI is InChI=1S/C16H14FNO/c17-14-8-4-3-7-13(14)16(19)15-9-11-5-1-2-6-12(11)10-18-15/h1-8,15,18H,9-10H2. The Bertz CT molecular complexity index is 624. The van der Waals surface area contributed by atoms with Crippen LogP contribution in [0.1, 0.15) is 21.5 Å². The van der Waals surface area contributed by atoms with Crippen molar-refractivity contribution in [2.75, 3.05) is 0 Å². The van der Waals surface area contributed by atoms with Crippen LogP contribution in [0.4, 0.5) is 4.39 Å². The molecule has 1 heterocycles. The molecule has 0 aliphatic carbocycles. The summed E-state index contributed by atoms with van der Waals surface area (Å²) in [6.07, 6.45) is 0.614. The second-order valence-electron chi connectivity index (χ2n) is 4.75. The lowest BCUT2D eigenvalue weighted by molar-refractivity contribution is 0.0934. The van der Waals surface area contributed by atoms with E-state index in [0.29, 0.717) is 13.0 Å². The smallest absolute Gasteiger partial charge is 0.183 e. The number of nitrogens with one attached hydrogen (secondary N) is 1. The predicted octanol–water partition coefficient (Wildman–Crippen LogP) is 2.72. The number of Topliss-reactive ketones (excluding diaryl/α,β-unsaturated/α-hetero) is 1. The third-order valence-electron chi connectivity index (χ3n) is 3.54. The molecule has 2 nitrogen and oxygen atoms in total. The van der Waals surface area contributed by atoms with Crippen LogP contribution >= 0.6 is 0 Å². The van der Waals surface area contributed by atoms with Gasteiger partial charge >= 0.3 is 0 Å². The van der Waals surface area contributed by atoms with Gasteiger partial charge in [-0.05, 0) is 29.7 Å². The number of hydrogen-bond donors (Lipinski definition) is 1. The molecule has 0 radical (unpaired) electrons. The van der Waals surface area contributed by atoms with Crippen molar-refractivity contribution < 1.29 is 9.18 Å². The summed E-state index contributed by atoms with van der Waals surface area (Å²) in [5.74, 6) is -0.624. The maximum Gasteiger partial charge on any atom is 0.183 e. The van der Waals surface area contributed by atoms with Gasteiger partial charge in [0.15, 0.2) is 5.78 Å². The summed E-state index contributed by atoms with van der Waals surface area (Å²) in [7, 11) is 0. The zero-order valence-electron chi connectivity index (χ0n) is 10.4. The first-order valence-electron chi connectivity index (χ1n) is 6.34. The first-order valence-corrected chi connectivity index (χ1v) is 6.34. The molecule has 96 valence electrons. The van der Waals surface area contributed by atoms with Crippen molar-refractivity contribution in [1.29, 1.82) is 0 Å². The SMILES string of the molecule is O=C(c1ccccc1F)C1Cc2ccccc2CN1. The lowest BCUT2D eigenvalue weighted by Crippen LogP contribution is -2.42. The molecule has 3 rings (SSSR count). The number of benzene rings is 2. The van der Waals surface area contributed by atoms with Crippen molar-refractivity contribution >= 4 is 5.78 Å². The van der Waals surface area contributed by atoms with Crippen molar-refractivity contribution in [3.05, 3.63) is 71.0 Å². The van der Waals surface area contributed by atoms with E-state index in [-0.39, 0.29) is 17.4 Å². The van der Waals surface area contributed by atoms with Gasteiger partial charge in [-0.25, -0.2) is 4.39 Å². The second kappa shape index (κ2) is 4.94. The van der Waals surface area contributed by atoms with Crippen LogP contribution in [0.15, 0.2) is 48.5 Å². The van der Waals surface area contributed by atoms with Crippen LogP contribution in [-0.4, -0.2) is 11.8 Å². The highest BCUT2D eigenvalue weighted by atomic mass is 19.1. The molecule has 0 saturated heterocycles. The minimum absolute atomic E-state index is 0.166. The minimum Gasteiger partial charge on any atom is -0.303 e. The van der Waals surface area contributed by atoms with E-state index < -0.39 is 5.82 Å². The highest BCUT2D eigenvalue weighted by Gasteiger charge is 2.26. The Hall–Kier alpha value is -2.00. The summed E-state index contributed by atoms with van der Waals surface area (Å²) in [4.78, 5) is 12.3. The fourth-order valence-electron chi connectivity index (χ4n) is 2.49. The fraction of sp³-hybridized carbons (Fsp3) is 0.188. The van der Waals surface area contributed by atoms with Crippen LogP contribution in [0.2, 0.25) is 0 Å². The van der Waals surface area contributed by atoms with Crippen molar-refractivity contribution in [3.8, 4) is 0 Å². The summed E-state index contributed by atoms with van der Waals surface area (Å²) >= 11 is 0. The molecule has 1 aliphatic rings. The van der Waals surface area contributed by atoms with Gasteiger partial charge in [-0.2, -0.15) is 0 Å². The molecular formula is C16H14FNO. The molecule has 19 heavy (non-hydrogen) atoms. The Balaban J connectivity index is 1.86. The van der Waals surface area contributed by atoms with Crippen LogP contribution in [0, 0.1) is 5.82 Å². The lowest BCUT2D eigenvalue weighted by atomic mass is 9.91. The Morgan fingerprint density at radius 2 is 1.74 bits per heavy atom. The van der Waals surface area contributed by atoms with Gasteiger partial charge in [-0.3, -0.25) is 4.79 Å². The highest BCUT2D eigenvalue weighted by Crippen LogP contribution is 2.19. The average Bonchev–Trinajstić information content (AvgIpc) is 2.46. The van der Waals surface area contributed by atoms with Crippen LogP contribution in [0.5, 0.6) is 0 Å². The van der Waals surface area contributed by atoms with E-state index in [1.807, 2.05) is 24.3 Å². The van der Waals surface area contributed by atoms with Gasteiger partial charge in [0.1, 0.15) is 5.82 Å². The molecule has 2 aromatic carbocycles. The van der Waals surface area contributed by atoms with E-state index in [2.05, 4.69) is 5.32 Å². The molecule has 2 aromatic rings. The van der Waals surface area contributed by atoms with Crippen LogP contribution in [-0.2, 0) is 13.0 Å². The Morgan fingerprint density at radius 1 is 1.05 bits per heavy atom. The topological polar surface area (TPSA) is 29.1 Å². The molecule has 0 fully saturated rings. The van der Waals surface area contributed by atoms with Gasteiger partial charge in [0.25, 0.3) is 0 Å². The molecule has 0 aromatic heterocycles. The molecular weight excluding hydrogens is 241 g/mol. The molecule has 0 bridgehead atoms. The van der Waals surface area contributed by atoms with Crippen molar-refractivity contribution in [2.45, 2.75) is 19.0 Å². The zero-order valence-corrected chi connectivity index (χ0v) is 10.4. The first kappa shape index (κ1) is 12.1. The monoisotopic (exact) mass is 255 g/mol. The predicted molar refractivity (Wildman–Crippen MR) is 71.5 cm³/mol. The third kappa shape index (κ3) is 2.29. The number of halogens is 1. The van der Waals surface area contributed by atoms with Gasteiger partial charge in [-0.15, -0.1) is 0 Å². The molecule has 1 aliphatic heterocycles.